The fraction of sp³-hybridized carbons (Fsp3) is 0.400. The normalized spacial score (nSPS) is 19.2. The monoisotopic (exact) mass is 258 g/mol. The van der Waals surface area contributed by atoms with Gasteiger partial charge in [-0.05, 0) is 12.1 Å². The topological polar surface area (TPSA) is 31.0 Å². The maximum atomic E-state index is 5.22. The van der Waals surface area contributed by atoms with E-state index in [4.69, 9.17) is 14.2 Å². The minimum Gasteiger partial charge on any atom is -0.493 e. The third-order valence-electron chi connectivity index (χ3n) is 2.18. The van der Waals surface area contributed by atoms with E-state index in [1.807, 2.05) is 12.1 Å². The largest absolute Gasteiger partial charge is 0.493 e. The molecule has 1 heterocycles. The molecule has 0 saturated carbocycles. The smallest absolute Gasteiger partial charge is 0.161 e. The average molecular weight is 259 g/mol. The second kappa shape index (κ2) is 3.79. The van der Waals surface area contributed by atoms with E-state index in [0.717, 1.165) is 28.1 Å². The van der Waals surface area contributed by atoms with E-state index >= 15 is 0 Å². The Morgan fingerprint density at radius 2 is 1.86 bits per heavy atom. The molecule has 1 atom stereocenters. The summed E-state index contributed by atoms with van der Waals surface area (Å²) in [6.07, 6.45) is 0.212. The van der Waals surface area contributed by atoms with Gasteiger partial charge in [0.15, 0.2) is 11.5 Å². The van der Waals surface area contributed by atoms with Crippen LogP contribution in [0.25, 0.3) is 0 Å². The maximum absolute atomic E-state index is 5.22. The van der Waals surface area contributed by atoms with Crippen LogP contribution in [0.1, 0.15) is 11.7 Å². The Balaban J connectivity index is 2.42. The van der Waals surface area contributed by atoms with Crippen molar-refractivity contribution < 1.29 is 14.2 Å². The lowest BCUT2D eigenvalue weighted by Gasteiger charge is -2.10. The van der Waals surface area contributed by atoms with Crippen LogP contribution in [0.4, 0.5) is 0 Å². The van der Waals surface area contributed by atoms with Gasteiger partial charge in [0.05, 0.1) is 20.8 Å². The van der Waals surface area contributed by atoms with Crippen molar-refractivity contribution >= 4 is 15.9 Å². The Kier molecular flexibility index (Phi) is 2.65. The van der Waals surface area contributed by atoms with Gasteiger partial charge in [0.25, 0.3) is 0 Å². The lowest BCUT2D eigenvalue weighted by molar-refractivity contribution is 0.353. The quantitative estimate of drug-likeness (QED) is 0.781. The van der Waals surface area contributed by atoms with Crippen LogP contribution in [0.2, 0.25) is 0 Å². The molecule has 1 fully saturated rings. The first-order valence-electron chi connectivity index (χ1n) is 4.29. The predicted octanol–water partition coefficient (Wildman–Crippen LogP) is 2.54. The van der Waals surface area contributed by atoms with Gasteiger partial charge in [-0.3, -0.25) is 0 Å². The third kappa shape index (κ3) is 1.72. The summed E-state index contributed by atoms with van der Waals surface area (Å²) in [5, 5.41) is 0. The van der Waals surface area contributed by atoms with Gasteiger partial charge < -0.3 is 14.2 Å². The summed E-state index contributed by atoms with van der Waals surface area (Å²) in [5.41, 5.74) is 1.11. The summed E-state index contributed by atoms with van der Waals surface area (Å²) in [7, 11) is 3.25. The van der Waals surface area contributed by atoms with Crippen molar-refractivity contribution in [3.8, 4) is 11.5 Å². The number of epoxide rings is 1. The van der Waals surface area contributed by atoms with Gasteiger partial charge in [-0.1, -0.05) is 15.9 Å². The molecule has 2 rings (SSSR count). The second-order valence-electron chi connectivity index (χ2n) is 3.05. The van der Waals surface area contributed by atoms with Crippen molar-refractivity contribution in [3.05, 3.63) is 22.2 Å². The molecule has 4 heteroatoms. The number of hydrogen-bond donors (Lipinski definition) is 0. The summed E-state index contributed by atoms with van der Waals surface area (Å²) >= 11 is 3.48. The average Bonchev–Trinajstić information content (AvgIpc) is 3.01. The molecule has 0 aromatic heterocycles. The summed E-state index contributed by atoms with van der Waals surface area (Å²) in [6, 6.07) is 3.84. The minimum absolute atomic E-state index is 0.212. The molecule has 3 nitrogen and oxygen atoms in total. The van der Waals surface area contributed by atoms with Gasteiger partial charge in [-0.25, -0.2) is 0 Å². The predicted molar refractivity (Wildman–Crippen MR) is 55.9 cm³/mol. The van der Waals surface area contributed by atoms with E-state index in [0.29, 0.717) is 0 Å². The van der Waals surface area contributed by atoms with Crippen LogP contribution < -0.4 is 9.47 Å². The maximum Gasteiger partial charge on any atom is 0.161 e. The molecule has 1 aliphatic rings. The molecule has 0 bridgehead atoms. The van der Waals surface area contributed by atoms with Gasteiger partial charge in [0.1, 0.15) is 6.10 Å². The Labute approximate surface area is 91.1 Å². The Bertz CT molecular complexity index is 347. The van der Waals surface area contributed by atoms with Crippen LogP contribution in [0, 0.1) is 0 Å². The molecule has 0 N–H and O–H groups in total. The fourth-order valence-electron chi connectivity index (χ4n) is 1.34. The molecule has 0 radical (unpaired) electrons. The van der Waals surface area contributed by atoms with Crippen molar-refractivity contribution in [1.82, 2.24) is 0 Å². The second-order valence-corrected chi connectivity index (χ2v) is 3.91. The molecule has 1 aliphatic heterocycles. The Hall–Kier alpha value is -0.740. The molecule has 0 amide bonds. The zero-order valence-electron chi connectivity index (χ0n) is 8.04. The standard InChI is InChI=1S/C10H11BrO3/c1-12-8-3-6(10-5-14-10)7(11)4-9(8)13-2/h3-4,10H,5H2,1-2H3/t10-/m1/s1. The van der Waals surface area contributed by atoms with Gasteiger partial charge >= 0.3 is 0 Å². The van der Waals surface area contributed by atoms with Crippen molar-refractivity contribution in [3.63, 3.8) is 0 Å². The highest BCUT2D eigenvalue weighted by molar-refractivity contribution is 9.10. The minimum atomic E-state index is 0.212. The van der Waals surface area contributed by atoms with E-state index < -0.39 is 0 Å². The van der Waals surface area contributed by atoms with E-state index in [1.165, 1.54) is 0 Å². The van der Waals surface area contributed by atoms with E-state index in [9.17, 15) is 0 Å². The first-order valence-corrected chi connectivity index (χ1v) is 5.08. The van der Waals surface area contributed by atoms with Crippen LogP contribution in [0.15, 0.2) is 16.6 Å². The Morgan fingerprint density at radius 3 is 2.36 bits per heavy atom. The number of halogens is 1. The van der Waals surface area contributed by atoms with Gasteiger partial charge in [-0.2, -0.15) is 0 Å². The van der Waals surface area contributed by atoms with E-state index in [2.05, 4.69) is 15.9 Å². The fourth-order valence-corrected chi connectivity index (χ4v) is 1.92. The highest BCUT2D eigenvalue weighted by Crippen LogP contribution is 2.41. The molecule has 0 spiro atoms. The van der Waals surface area contributed by atoms with Crippen LogP contribution in [0.5, 0.6) is 11.5 Å². The third-order valence-corrected chi connectivity index (χ3v) is 2.87. The zero-order valence-corrected chi connectivity index (χ0v) is 9.63. The summed E-state index contributed by atoms with van der Waals surface area (Å²) in [5.74, 6) is 1.46. The van der Waals surface area contributed by atoms with Crippen LogP contribution in [-0.4, -0.2) is 20.8 Å². The molecular formula is C10H11BrO3. The van der Waals surface area contributed by atoms with Crippen molar-refractivity contribution in [2.45, 2.75) is 6.10 Å². The number of ether oxygens (including phenoxy) is 3. The zero-order chi connectivity index (χ0) is 10.1. The number of benzene rings is 1. The molecule has 1 aromatic rings. The Morgan fingerprint density at radius 1 is 1.29 bits per heavy atom. The summed E-state index contributed by atoms with van der Waals surface area (Å²) in [4.78, 5) is 0. The molecule has 0 aliphatic carbocycles. The molecular weight excluding hydrogens is 248 g/mol. The summed E-state index contributed by atoms with van der Waals surface area (Å²) in [6.45, 7) is 0.786. The SMILES string of the molecule is COc1cc(Br)c([C@H]2CO2)cc1OC. The van der Waals surface area contributed by atoms with E-state index in [-0.39, 0.29) is 6.10 Å². The highest BCUT2D eigenvalue weighted by Gasteiger charge is 2.28. The molecule has 14 heavy (non-hydrogen) atoms. The first kappa shape index (κ1) is 9.80. The highest BCUT2D eigenvalue weighted by atomic mass is 79.9. The lowest BCUT2D eigenvalue weighted by Crippen LogP contribution is -1.93. The lowest BCUT2D eigenvalue weighted by atomic mass is 10.1. The summed E-state index contributed by atoms with van der Waals surface area (Å²) < 4.78 is 16.6. The van der Waals surface area contributed by atoms with Crippen LogP contribution in [0.3, 0.4) is 0 Å². The van der Waals surface area contributed by atoms with E-state index in [1.54, 1.807) is 14.2 Å². The number of rotatable bonds is 3. The van der Waals surface area contributed by atoms with Gasteiger partial charge in [-0.15, -0.1) is 0 Å². The molecule has 1 saturated heterocycles. The molecule has 1 aromatic carbocycles. The van der Waals surface area contributed by atoms with Crippen molar-refractivity contribution in [2.75, 3.05) is 20.8 Å². The van der Waals surface area contributed by atoms with Gasteiger partial charge in [0.2, 0.25) is 0 Å². The van der Waals surface area contributed by atoms with Gasteiger partial charge in [0, 0.05) is 10.0 Å². The number of hydrogen-bond acceptors (Lipinski definition) is 3. The first-order chi connectivity index (χ1) is 6.76. The van der Waals surface area contributed by atoms with Crippen molar-refractivity contribution in [2.24, 2.45) is 0 Å². The van der Waals surface area contributed by atoms with Crippen LogP contribution in [-0.2, 0) is 4.74 Å². The van der Waals surface area contributed by atoms with Crippen LogP contribution >= 0.6 is 15.9 Å². The molecule has 76 valence electrons. The molecule has 0 unspecified atom stereocenters. The number of methoxy groups -OCH3 is 2. The van der Waals surface area contributed by atoms with Crippen molar-refractivity contribution in [1.29, 1.82) is 0 Å².